The quantitative estimate of drug-likeness (QED) is 0.702. The summed E-state index contributed by atoms with van der Waals surface area (Å²) in [5.41, 5.74) is 0.528. The number of nitrogens with zero attached hydrogens (tertiary/aromatic N) is 3. The van der Waals surface area contributed by atoms with Gasteiger partial charge in [0.2, 0.25) is 10.0 Å². The van der Waals surface area contributed by atoms with Gasteiger partial charge in [0.05, 0.1) is 37.7 Å². The zero-order valence-electron chi connectivity index (χ0n) is 16.3. The summed E-state index contributed by atoms with van der Waals surface area (Å²) in [6, 6.07) is 6.41. The Morgan fingerprint density at radius 1 is 1.11 bits per heavy atom. The van der Waals surface area contributed by atoms with Crippen molar-refractivity contribution in [3.05, 3.63) is 24.3 Å². The van der Waals surface area contributed by atoms with Gasteiger partial charge in [-0.3, -0.25) is 9.69 Å². The number of piperazine rings is 3. The number of ether oxygens (including phenoxy) is 1. The van der Waals surface area contributed by atoms with Gasteiger partial charge in [-0.05, 0) is 25.1 Å². The van der Waals surface area contributed by atoms with E-state index in [4.69, 9.17) is 4.74 Å². The van der Waals surface area contributed by atoms with Crippen molar-refractivity contribution in [2.24, 2.45) is 0 Å². The van der Waals surface area contributed by atoms with E-state index in [0.717, 1.165) is 43.8 Å². The van der Waals surface area contributed by atoms with Crippen molar-refractivity contribution in [3.63, 3.8) is 0 Å². The summed E-state index contributed by atoms with van der Waals surface area (Å²) in [7, 11) is -3.58. The molecule has 4 fully saturated rings. The summed E-state index contributed by atoms with van der Waals surface area (Å²) in [4.78, 5) is 15.6. The molecule has 8 nitrogen and oxygen atoms in total. The number of hydrogen-bond donors (Lipinski definition) is 1. The van der Waals surface area contributed by atoms with Crippen molar-refractivity contribution in [2.45, 2.75) is 17.9 Å². The maximum absolute atomic E-state index is 12.9. The molecule has 1 aromatic rings. The molecule has 0 radical (unpaired) electrons. The van der Waals surface area contributed by atoms with E-state index in [1.165, 1.54) is 4.31 Å². The van der Waals surface area contributed by atoms with Crippen molar-refractivity contribution < 1.29 is 22.4 Å². The maximum atomic E-state index is 12.9. The summed E-state index contributed by atoms with van der Waals surface area (Å²) in [5.74, 6) is -0.0451. The molecule has 0 spiro atoms. The lowest BCUT2D eigenvalue weighted by Crippen LogP contribution is -2.72. The number of quaternary nitrogens is 1. The smallest absolute Gasteiger partial charge is 0.282 e. The number of carbonyl (C=O) groups excluding carboxylic acids is 1. The fraction of sp³-hybridized carbons (Fsp3) is 0.632. The molecule has 4 aliphatic heterocycles. The minimum atomic E-state index is -3.58. The summed E-state index contributed by atoms with van der Waals surface area (Å²) in [6.07, 6.45) is 0. The van der Waals surface area contributed by atoms with Crippen LogP contribution in [-0.4, -0.2) is 99.6 Å². The second-order valence-corrected chi connectivity index (χ2v) is 9.88. The first-order valence-electron chi connectivity index (χ1n) is 9.98. The van der Waals surface area contributed by atoms with Crippen molar-refractivity contribution >= 4 is 21.6 Å². The first-order valence-corrected chi connectivity index (χ1v) is 11.4. The molecule has 28 heavy (non-hydrogen) atoms. The molecule has 4 heterocycles. The van der Waals surface area contributed by atoms with Gasteiger partial charge in [0.25, 0.3) is 5.91 Å². The van der Waals surface area contributed by atoms with Gasteiger partial charge in [-0.2, -0.15) is 4.31 Å². The van der Waals surface area contributed by atoms with Crippen LogP contribution in [0.4, 0.5) is 5.69 Å². The predicted octanol–water partition coefficient (Wildman–Crippen LogP) is 0.181. The van der Waals surface area contributed by atoms with Crippen LogP contribution < -0.4 is 5.32 Å². The van der Waals surface area contributed by atoms with E-state index >= 15 is 0 Å². The lowest BCUT2D eigenvalue weighted by molar-refractivity contribution is -0.953. The molecule has 4 saturated heterocycles. The number of sulfonamides is 1. The third kappa shape index (κ3) is 3.69. The zero-order chi connectivity index (χ0) is 19.8. The van der Waals surface area contributed by atoms with Gasteiger partial charge in [0.1, 0.15) is 0 Å². The number of hydrogen-bond acceptors (Lipinski definition) is 5. The van der Waals surface area contributed by atoms with Gasteiger partial charge in [-0.1, -0.05) is 6.07 Å². The Hall–Kier alpha value is -1.52. The Morgan fingerprint density at radius 3 is 2.39 bits per heavy atom. The van der Waals surface area contributed by atoms with Crippen LogP contribution in [0.15, 0.2) is 29.2 Å². The second-order valence-electron chi connectivity index (χ2n) is 7.94. The van der Waals surface area contributed by atoms with E-state index < -0.39 is 10.0 Å². The Morgan fingerprint density at radius 2 is 1.75 bits per heavy atom. The Bertz CT molecular complexity index is 816. The van der Waals surface area contributed by atoms with E-state index in [2.05, 4.69) is 10.2 Å². The van der Waals surface area contributed by atoms with Crippen molar-refractivity contribution in [1.82, 2.24) is 9.21 Å². The van der Waals surface area contributed by atoms with Gasteiger partial charge < -0.3 is 14.5 Å². The molecule has 4 aliphatic rings. The standard InChI is InChI=1S/C19H28N4O4S/c1-16(23-10-5-21(6-11-23)7-12-23)19(24)20-17-3-2-4-18(15-17)28(25,26)22-8-13-27-14-9-22/h2-4,15-16H,5-14H2,1H3/p+1/t16-/m1/s1. The summed E-state index contributed by atoms with van der Waals surface area (Å²) >= 11 is 0. The average molecular weight is 410 g/mol. The van der Waals surface area contributed by atoms with Crippen LogP contribution >= 0.6 is 0 Å². The maximum Gasteiger partial charge on any atom is 0.282 e. The number of benzene rings is 1. The highest BCUT2D eigenvalue weighted by Crippen LogP contribution is 2.25. The van der Waals surface area contributed by atoms with E-state index in [1.54, 1.807) is 24.3 Å². The normalized spacial score (nSPS) is 29.4. The van der Waals surface area contributed by atoms with Gasteiger partial charge in [0.15, 0.2) is 6.04 Å². The van der Waals surface area contributed by atoms with E-state index in [9.17, 15) is 13.2 Å². The van der Waals surface area contributed by atoms with Gasteiger partial charge in [0, 0.05) is 38.4 Å². The molecule has 2 bridgehead atoms. The molecule has 0 saturated carbocycles. The second kappa shape index (κ2) is 7.72. The molecule has 5 rings (SSSR count). The molecule has 0 unspecified atom stereocenters. The van der Waals surface area contributed by atoms with Crippen molar-refractivity contribution in [3.8, 4) is 0 Å². The highest BCUT2D eigenvalue weighted by Gasteiger charge is 2.45. The fourth-order valence-electron chi connectivity index (χ4n) is 4.44. The van der Waals surface area contributed by atoms with Crippen LogP contribution in [0.2, 0.25) is 0 Å². The van der Waals surface area contributed by atoms with Gasteiger partial charge >= 0.3 is 0 Å². The minimum absolute atomic E-state index is 0.0451. The number of amides is 1. The first-order chi connectivity index (χ1) is 13.4. The number of nitrogens with one attached hydrogen (secondary N) is 1. The number of carbonyl (C=O) groups is 1. The lowest BCUT2D eigenvalue weighted by atomic mass is 10.1. The van der Waals surface area contributed by atoms with Crippen molar-refractivity contribution in [2.75, 3.05) is 70.9 Å². The first kappa shape index (κ1) is 19.8. The van der Waals surface area contributed by atoms with Crippen LogP contribution in [0.5, 0.6) is 0 Å². The number of fused-ring (bicyclic) bond motifs is 3. The number of rotatable bonds is 5. The zero-order valence-corrected chi connectivity index (χ0v) is 17.2. The summed E-state index contributed by atoms with van der Waals surface area (Å²) < 4.78 is 33.2. The highest BCUT2D eigenvalue weighted by molar-refractivity contribution is 7.89. The molecular formula is C19H29N4O4S+. The highest BCUT2D eigenvalue weighted by atomic mass is 32.2. The topological polar surface area (TPSA) is 79.0 Å². The summed E-state index contributed by atoms with van der Waals surface area (Å²) in [5, 5.41) is 2.95. The van der Waals surface area contributed by atoms with Crippen LogP contribution in [0, 0.1) is 0 Å². The van der Waals surface area contributed by atoms with E-state index in [1.807, 2.05) is 6.92 Å². The third-order valence-corrected chi connectivity index (χ3v) is 8.39. The SMILES string of the molecule is C[C@H](C(=O)Nc1cccc(S(=O)(=O)N2CCOCC2)c1)[N+]12CCN(CC1)CC2. The predicted molar refractivity (Wildman–Crippen MR) is 105 cm³/mol. The van der Waals surface area contributed by atoms with Crippen LogP contribution in [0.3, 0.4) is 0 Å². The molecule has 0 aromatic heterocycles. The third-order valence-electron chi connectivity index (χ3n) is 6.50. The Balaban J connectivity index is 1.48. The molecule has 1 N–H and O–H groups in total. The molecule has 154 valence electrons. The van der Waals surface area contributed by atoms with E-state index in [0.29, 0.717) is 32.0 Å². The Labute approximate surface area is 166 Å². The largest absolute Gasteiger partial charge is 0.379 e. The molecule has 1 aromatic carbocycles. The van der Waals surface area contributed by atoms with Crippen LogP contribution in [0.25, 0.3) is 0 Å². The molecular weight excluding hydrogens is 380 g/mol. The Kier molecular flexibility index (Phi) is 5.45. The molecule has 1 amide bonds. The minimum Gasteiger partial charge on any atom is -0.379 e. The lowest BCUT2D eigenvalue weighted by Gasteiger charge is -2.52. The van der Waals surface area contributed by atoms with E-state index in [-0.39, 0.29) is 16.8 Å². The van der Waals surface area contributed by atoms with Crippen molar-refractivity contribution in [1.29, 1.82) is 0 Å². The van der Waals surface area contributed by atoms with Gasteiger partial charge in [-0.25, -0.2) is 8.42 Å². The molecule has 0 aliphatic carbocycles. The summed E-state index contributed by atoms with van der Waals surface area (Å²) in [6.45, 7) is 9.65. The molecule has 9 heteroatoms. The van der Waals surface area contributed by atoms with Gasteiger partial charge in [-0.15, -0.1) is 0 Å². The van der Waals surface area contributed by atoms with Crippen LogP contribution in [0.1, 0.15) is 6.92 Å². The average Bonchev–Trinajstić information content (AvgIpc) is 2.75. The number of morpholine rings is 1. The van der Waals surface area contributed by atoms with Crippen LogP contribution in [-0.2, 0) is 19.6 Å². The number of anilines is 1. The monoisotopic (exact) mass is 409 g/mol. The fourth-order valence-corrected chi connectivity index (χ4v) is 5.89. The molecule has 1 atom stereocenters.